The standard InChI is InChI=1S/C11H19N3S/c1-8-4-11(7-15-8)6-13-10(12)14(11)5-9-2-3-9/h8-9H,2-7H2,1H3,(H2,12,13). The van der Waals surface area contributed by atoms with Crippen LogP contribution in [0.1, 0.15) is 26.2 Å². The lowest BCUT2D eigenvalue weighted by molar-refractivity contribution is 0.216. The van der Waals surface area contributed by atoms with Gasteiger partial charge in [0, 0.05) is 17.5 Å². The Labute approximate surface area is 95.5 Å². The topological polar surface area (TPSA) is 41.6 Å². The average Bonchev–Trinajstić information content (AvgIpc) is 2.89. The first-order chi connectivity index (χ1) is 7.20. The van der Waals surface area contributed by atoms with E-state index < -0.39 is 0 Å². The Bertz CT molecular complexity index is 300. The Morgan fingerprint density at radius 1 is 1.60 bits per heavy atom. The van der Waals surface area contributed by atoms with Crippen LogP contribution < -0.4 is 5.73 Å². The maximum absolute atomic E-state index is 6.02. The van der Waals surface area contributed by atoms with Crippen LogP contribution in [0.25, 0.3) is 0 Å². The van der Waals surface area contributed by atoms with Gasteiger partial charge in [0.15, 0.2) is 5.96 Å². The van der Waals surface area contributed by atoms with Crippen molar-refractivity contribution in [1.82, 2.24) is 4.90 Å². The number of guanidine groups is 1. The number of nitrogens with two attached hydrogens (primary N) is 1. The summed E-state index contributed by atoms with van der Waals surface area (Å²) in [6.45, 7) is 4.41. The SMILES string of the molecule is CC1CC2(CN=C(N)N2CC2CC2)CS1. The summed E-state index contributed by atoms with van der Waals surface area (Å²) in [7, 11) is 0. The second kappa shape index (κ2) is 3.30. The van der Waals surface area contributed by atoms with Crippen LogP contribution >= 0.6 is 11.8 Å². The molecule has 1 saturated heterocycles. The minimum absolute atomic E-state index is 0.288. The van der Waals surface area contributed by atoms with Gasteiger partial charge in [-0.25, -0.2) is 0 Å². The van der Waals surface area contributed by atoms with E-state index in [2.05, 4.69) is 28.6 Å². The van der Waals surface area contributed by atoms with E-state index in [0.29, 0.717) is 0 Å². The van der Waals surface area contributed by atoms with Crippen molar-refractivity contribution < 1.29 is 0 Å². The minimum Gasteiger partial charge on any atom is -0.370 e. The van der Waals surface area contributed by atoms with Gasteiger partial charge in [-0.2, -0.15) is 11.8 Å². The molecule has 4 heteroatoms. The quantitative estimate of drug-likeness (QED) is 0.770. The molecule has 0 aromatic rings. The number of hydrogen-bond donors (Lipinski definition) is 1. The van der Waals surface area contributed by atoms with Gasteiger partial charge in [0.2, 0.25) is 0 Å². The molecule has 3 rings (SSSR count). The molecule has 0 aromatic heterocycles. The monoisotopic (exact) mass is 225 g/mol. The van der Waals surface area contributed by atoms with E-state index in [1.54, 1.807) is 0 Å². The highest BCUT2D eigenvalue weighted by Gasteiger charge is 2.48. The van der Waals surface area contributed by atoms with Gasteiger partial charge in [0.1, 0.15) is 0 Å². The lowest BCUT2D eigenvalue weighted by atomic mass is 9.95. The van der Waals surface area contributed by atoms with Crippen molar-refractivity contribution in [2.45, 2.75) is 37.0 Å². The van der Waals surface area contributed by atoms with Crippen LogP contribution in [0, 0.1) is 5.92 Å². The fraction of sp³-hybridized carbons (Fsp3) is 0.909. The van der Waals surface area contributed by atoms with E-state index in [1.165, 1.54) is 25.0 Å². The van der Waals surface area contributed by atoms with Gasteiger partial charge in [-0.15, -0.1) is 0 Å². The largest absolute Gasteiger partial charge is 0.370 e. The molecule has 3 aliphatic rings. The van der Waals surface area contributed by atoms with E-state index in [1.807, 2.05) is 0 Å². The first-order valence-corrected chi connectivity index (χ1v) is 6.94. The molecule has 3 nitrogen and oxygen atoms in total. The zero-order chi connectivity index (χ0) is 10.5. The number of thioether (sulfide) groups is 1. The molecule has 2 fully saturated rings. The Morgan fingerprint density at radius 3 is 3.00 bits per heavy atom. The normalized spacial score (nSPS) is 40.2. The number of nitrogens with zero attached hydrogens (tertiary/aromatic N) is 2. The van der Waals surface area contributed by atoms with Gasteiger partial charge in [-0.3, -0.25) is 4.99 Å². The predicted molar refractivity (Wildman–Crippen MR) is 65.2 cm³/mol. The van der Waals surface area contributed by atoms with Crippen LogP contribution in [0.15, 0.2) is 4.99 Å². The highest BCUT2D eigenvalue weighted by molar-refractivity contribution is 8.00. The Morgan fingerprint density at radius 2 is 2.40 bits per heavy atom. The molecule has 84 valence electrons. The third-order valence-electron chi connectivity index (χ3n) is 3.83. The molecule has 2 N–H and O–H groups in total. The van der Waals surface area contributed by atoms with Crippen molar-refractivity contribution in [3.05, 3.63) is 0 Å². The summed E-state index contributed by atoms with van der Waals surface area (Å²) < 4.78 is 0. The summed E-state index contributed by atoms with van der Waals surface area (Å²) in [5.74, 6) is 2.91. The lowest BCUT2D eigenvalue weighted by Gasteiger charge is -2.35. The Hall–Kier alpha value is -0.380. The molecular formula is C11H19N3S. The smallest absolute Gasteiger partial charge is 0.191 e. The first kappa shape index (κ1) is 9.82. The van der Waals surface area contributed by atoms with Crippen molar-refractivity contribution in [2.75, 3.05) is 18.8 Å². The molecule has 0 amide bonds. The first-order valence-electron chi connectivity index (χ1n) is 5.89. The molecule has 2 heterocycles. The highest BCUT2D eigenvalue weighted by atomic mass is 32.2. The molecule has 2 unspecified atom stereocenters. The van der Waals surface area contributed by atoms with Crippen LogP contribution in [-0.4, -0.2) is 40.5 Å². The summed E-state index contributed by atoms with van der Waals surface area (Å²) in [6.07, 6.45) is 4.04. The molecule has 1 saturated carbocycles. The second-order valence-electron chi connectivity index (χ2n) is 5.28. The molecule has 0 aromatic carbocycles. The third kappa shape index (κ3) is 1.63. The van der Waals surface area contributed by atoms with E-state index in [0.717, 1.165) is 30.2 Å². The summed E-state index contributed by atoms with van der Waals surface area (Å²) in [5, 5.41) is 0.771. The van der Waals surface area contributed by atoms with Crippen molar-refractivity contribution in [1.29, 1.82) is 0 Å². The van der Waals surface area contributed by atoms with E-state index >= 15 is 0 Å². The van der Waals surface area contributed by atoms with Gasteiger partial charge >= 0.3 is 0 Å². The lowest BCUT2D eigenvalue weighted by Crippen LogP contribution is -2.52. The van der Waals surface area contributed by atoms with Crippen LogP contribution in [0.2, 0.25) is 0 Å². The molecule has 1 aliphatic carbocycles. The number of aliphatic imine (C=N–C) groups is 1. The Balaban J connectivity index is 1.77. The average molecular weight is 225 g/mol. The van der Waals surface area contributed by atoms with Gasteiger partial charge in [-0.1, -0.05) is 6.92 Å². The van der Waals surface area contributed by atoms with Crippen molar-refractivity contribution in [3.8, 4) is 0 Å². The third-order valence-corrected chi connectivity index (χ3v) is 5.27. The maximum atomic E-state index is 6.02. The van der Waals surface area contributed by atoms with Crippen molar-refractivity contribution >= 4 is 17.7 Å². The number of hydrogen-bond acceptors (Lipinski definition) is 4. The molecular weight excluding hydrogens is 206 g/mol. The zero-order valence-electron chi connectivity index (χ0n) is 9.28. The highest BCUT2D eigenvalue weighted by Crippen LogP contribution is 2.43. The number of rotatable bonds is 2. The van der Waals surface area contributed by atoms with Crippen molar-refractivity contribution in [3.63, 3.8) is 0 Å². The van der Waals surface area contributed by atoms with Crippen LogP contribution in [0.4, 0.5) is 0 Å². The van der Waals surface area contributed by atoms with Gasteiger partial charge in [-0.05, 0) is 25.2 Å². The summed E-state index contributed by atoms with van der Waals surface area (Å²) >= 11 is 2.08. The van der Waals surface area contributed by atoms with Crippen LogP contribution in [0.3, 0.4) is 0 Å². The molecule has 0 radical (unpaired) electrons. The van der Waals surface area contributed by atoms with Gasteiger partial charge in [0.25, 0.3) is 0 Å². The predicted octanol–water partition coefficient (Wildman–Crippen LogP) is 1.29. The molecule has 1 spiro atoms. The second-order valence-corrected chi connectivity index (χ2v) is 6.71. The maximum Gasteiger partial charge on any atom is 0.191 e. The van der Waals surface area contributed by atoms with Crippen molar-refractivity contribution in [2.24, 2.45) is 16.6 Å². The van der Waals surface area contributed by atoms with Crippen LogP contribution in [0.5, 0.6) is 0 Å². The summed E-state index contributed by atoms with van der Waals surface area (Å²) in [5.41, 5.74) is 6.31. The molecule has 2 atom stereocenters. The minimum atomic E-state index is 0.288. The molecule has 0 bridgehead atoms. The fourth-order valence-electron chi connectivity index (χ4n) is 2.74. The van der Waals surface area contributed by atoms with E-state index in [-0.39, 0.29) is 5.54 Å². The van der Waals surface area contributed by atoms with Crippen LogP contribution in [-0.2, 0) is 0 Å². The van der Waals surface area contributed by atoms with E-state index in [4.69, 9.17) is 5.73 Å². The van der Waals surface area contributed by atoms with Gasteiger partial charge in [0.05, 0.1) is 12.1 Å². The molecule has 15 heavy (non-hydrogen) atoms. The van der Waals surface area contributed by atoms with E-state index in [9.17, 15) is 0 Å². The van der Waals surface area contributed by atoms with Gasteiger partial charge < -0.3 is 10.6 Å². The Kier molecular flexibility index (Phi) is 2.16. The zero-order valence-corrected chi connectivity index (χ0v) is 10.1. The molecule has 2 aliphatic heterocycles. The fourth-order valence-corrected chi connectivity index (χ4v) is 4.12. The summed E-state index contributed by atoms with van der Waals surface area (Å²) in [6, 6.07) is 0. The summed E-state index contributed by atoms with van der Waals surface area (Å²) in [4.78, 5) is 6.89.